The smallest absolute Gasteiger partial charge is 0.119 e. The van der Waals surface area contributed by atoms with Crippen molar-refractivity contribution in [2.45, 2.75) is 0 Å². The predicted molar refractivity (Wildman–Crippen MR) is 51.6 cm³/mol. The quantitative estimate of drug-likeness (QED) is 0.486. The van der Waals surface area contributed by atoms with Crippen LogP contribution in [0.5, 0.6) is 0 Å². The Balaban J connectivity index is 2.59. The van der Waals surface area contributed by atoms with Gasteiger partial charge in [0.2, 0.25) is 0 Å². The second-order valence-corrected chi connectivity index (χ2v) is 2.39. The lowest BCUT2D eigenvalue weighted by atomic mass is 10.2. The molecule has 0 unspecified atom stereocenters. The minimum atomic E-state index is 0.508. The molecule has 0 saturated heterocycles. The second kappa shape index (κ2) is 4.39. The highest BCUT2D eigenvalue weighted by atomic mass is 16.5. The van der Waals surface area contributed by atoms with Gasteiger partial charge in [0.15, 0.2) is 0 Å². The normalized spacial score (nSPS) is 9.00. The third-order valence-electron chi connectivity index (χ3n) is 1.47. The van der Waals surface area contributed by atoms with E-state index >= 15 is 0 Å². The van der Waals surface area contributed by atoms with Crippen LogP contribution >= 0.6 is 0 Å². The summed E-state index contributed by atoms with van der Waals surface area (Å²) < 4.78 is 5.26. The number of benzene rings is 1. The van der Waals surface area contributed by atoms with Crippen molar-refractivity contribution in [3.63, 3.8) is 0 Å². The molecular formula is C11H12O. The van der Waals surface area contributed by atoms with Crippen LogP contribution in [0.4, 0.5) is 0 Å². The first-order valence-electron chi connectivity index (χ1n) is 3.82. The molecule has 1 rings (SSSR count). The maximum absolute atomic E-state index is 5.26. The Kier molecular flexibility index (Phi) is 3.15. The summed E-state index contributed by atoms with van der Waals surface area (Å²) in [7, 11) is 0. The maximum Gasteiger partial charge on any atom is 0.119 e. The van der Waals surface area contributed by atoms with Crippen LogP contribution in [0.15, 0.2) is 49.6 Å². The minimum absolute atomic E-state index is 0.508. The molecular weight excluding hydrogens is 148 g/mol. The van der Waals surface area contributed by atoms with Gasteiger partial charge in [-0.3, -0.25) is 0 Å². The Morgan fingerprint density at radius 2 is 2.00 bits per heavy atom. The van der Waals surface area contributed by atoms with E-state index < -0.39 is 0 Å². The molecule has 1 aromatic carbocycles. The van der Waals surface area contributed by atoms with Crippen molar-refractivity contribution >= 4 is 5.76 Å². The van der Waals surface area contributed by atoms with Gasteiger partial charge in [-0.15, -0.1) is 0 Å². The summed E-state index contributed by atoms with van der Waals surface area (Å²) in [4.78, 5) is 0. The number of hydrogen-bond donors (Lipinski definition) is 0. The highest BCUT2D eigenvalue weighted by molar-refractivity contribution is 5.56. The summed E-state index contributed by atoms with van der Waals surface area (Å²) in [5.41, 5.74) is 1.01. The van der Waals surface area contributed by atoms with E-state index in [1.54, 1.807) is 6.08 Å². The van der Waals surface area contributed by atoms with Crippen LogP contribution < -0.4 is 0 Å². The van der Waals surface area contributed by atoms with E-state index in [2.05, 4.69) is 13.2 Å². The molecule has 12 heavy (non-hydrogen) atoms. The van der Waals surface area contributed by atoms with Gasteiger partial charge in [0.1, 0.15) is 12.4 Å². The summed E-state index contributed by atoms with van der Waals surface area (Å²) in [6.45, 7) is 7.86. The summed E-state index contributed by atoms with van der Waals surface area (Å²) in [5.74, 6) is 0.690. The van der Waals surface area contributed by atoms with E-state index in [0.29, 0.717) is 12.4 Å². The third kappa shape index (κ3) is 2.27. The van der Waals surface area contributed by atoms with Crippen molar-refractivity contribution < 1.29 is 4.74 Å². The lowest BCUT2D eigenvalue weighted by Crippen LogP contribution is -1.89. The SMILES string of the molecule is C=CCOC(=C)c1ccccc1. The number of rotatable bonds is 4. The van der Waals surface area contributed by atoms with Crippen molar-refractivity contribution in [1.82, 2.24) is 0 Å². The Labute approximate surface area is 73.0 Å². The fraction of sp³-hybridized carbons (Fsp3) is 0.0909. The molecule has 0 bridgehead atoms. The average molecular weight is 160 g/mol. The molecule has 0 N–H and O–H groups in total. The van der Waals surface area contributed by atoms with Gasteiger partial charge in [-0.1, -0.05) is 49.6 Å². The van der Waals surface area contributed by atoms with Gasteiger partial charge in [0.25, 0.3) is 0 Å². The first-order valence-corrected chi connectivity index (χ1v) is 3.82. The lowest BCUT2D eigenvalue weighted by Gasteiger charge is -2.05. The molecule has 0 radical (unpaired) electrons. The van der Waals surface area contributed by atoms with Crippen molar-refractivity contribution in [3.8, 4) is 0 Å². The van der Waals surface area contributed by atoms with E-state index in [0.717, 1.165) is 5.56 Å². The van der Waals surface area contributed by atoms with Gasteiger partial charge < -0.3 is 4.74 Å². The van der Waals surface area contributed by atoms with Crippen LogP contribution in [-0.2, 0) is 4.74 Å². The minimum Gasteiger partial charge on any atom is -0.490 e. The summed E-state index contributed by atoms with van der Waals surface area (Å²) in [6.07, 6.45) is 1.70. The molecule has 1 aromatic rings. The van der Waals surface area contributed by atoms with Gasteiger partial charge in [-0.25, -0.2) is 0 Å². The Hall–Kier alpha value is -1.50. The molecule has 0 aliphatic rings. The standard InChI is InChI=1S/C11H12O/c1-3-9-12-10(2)11-7-5-4-6-8-11/h3-8H,1-2,9H2. The second-order valence-electron chi connectivity index (χ2n) is 2.39. The van der Waals surface area contributed by atoms with Crippen LogP contribution in [0, 0.1) is 0 Å². The van der Waals surface area contributed by atoms with Crippen LogP contribution in [0.25, 0.3) is 5.76 Å². The summed E-state index contributed by atoms with van der Waals surface area (Å²) in [6, 6.07) is 9.80. The molecule has 0 amide bonds. The Morgan fingerprint density at radius 3 is 2.58 bits per heavy atom. The highest BCUT2D eigenvalue weighted by Crippen LogP contribution is 2.12. The topological polar surface area (TPSA) is 9.23 Å². The Bertz CT molecular complexity index is 262. The molecule has 0 aromatic heterocycles. The van der Waals surface area contributed by atoms with Crippen LogP contribution in [0.2, 0.25) is 0 Å². The third-order valence-corrected chi connectivity index (χ3v) is 1.47. The molecule has 0 aliphatic carbocycles. The van der Waals surface area contributed by atoms with E-state index in [1.807, 2.05) is 30.3 Å². The molecule has 0 aliphatic heterocycles. The molecule has 62 valence electrons. The maximum atomic E-state index is 5.26. The molecule has 0 saturated carbocycles. The monoisotopic (exact) mass is 160 g/mol. The average Bonchev–Trinajstić information content (AvgIpc) is 2.15. The zero-order valence-corrected chi connectivity index (χ0v) is 6.99. The number of hydrogen-bond acceptors (Lipinski definition) is 1. The van der Waals surface area contributed by atoms with Crippen LogP contribution in [0.1, 0.15) is 5.56 Å². The van der Waals surface area contributed by atoms with Crippen molar-refractivity contribution in [1.29, 1.82) is 0 Å². The number of ether oxygens (including phenoxy) is 1. The fourth-order valence-corrected chi connectivity index (χ4v) is 0.867. The first-order chi connectivity index (χ1) is 5.84. The van der Waals surface area contributed by atoms with Crippen molar-refractivity contribution in [2.24, 2.45) is 0 Å². The Morgan fingerprint density at radius 1 is 1.33 bits per heavy atom. The van der Waals surface area contributed by atoms with Crippen molar-refractivity contribution in [3.05, 3.63) is 55.1 Å². The summed E-state index contributed by atoms with van der Waals surface area (Å²) in [5, 5.41) is 0. The molecule has 0 fully saturated rings. The lowest BCUT2D eigenvalue weighted by molar-refractivity contribution is 0.321. The predicted octanol–water partition coefficient (Wildman–Crippen LogP) is 2.86. The first kappa shape index (κ1) is 8.60. The summed E-state index contributed by atoms with van der Waals surface area (Å²) >= 11 is 0. The van der Waals surface area contributed by atoms with Gasteiger partial charge in [-0.2, -0.15) is 0 Å². The molecule has 0 heterocycles. The zero-order chi connectivity index (χ0) is 8.81. The van der Waals surface area contributed by atoms with E-state index in [1.165, 1.54) is 0 Å². The van der Waals surface area contributed by atoms with Gasteiger partial charge in [0, 0.05) is 5.56 Å². The van der Waals surface area contributed by atoms with E-state index in [-0.39, 0.29) is 0 Å². The fourth-order valence-electron chi connectivity index (χ4n) is 0.867. The van der Waals surface area contributed by atoms with Crippen LogP contribution in [-0.4, -0.2) is 6.61 Å². The molecule has 1 nitrogen and oxygen atoms in total. The molecule has 0 atom stereocenters. The molecule has 1 heteroatoms. The largest absolute Gasteiger partial charge is 0.490 e. The zero-order valence-electron chi connectivity index (χ0n) is 6.99. The van der Waals surface area contributed by atoms with Crippen LogP contribution in [0.3, 0.4) is 0 Å². The highest BCUT2D eigenvalue weighted by Gasteiger charge is 1.95. The molecule has 0 spiro atoms. The van der Waals surface area contributed by atoms with Gasteiger partial charge in [-0.05, 0) is 0 Å². The van der Waals surface area contributed by atoms with E-state index in [4.69, 9.17) is 4.74 Å². The van der Waals surface area contributed by atoms with Crippen molar-refractivity contribution in [2.75, 3.05) is 6.61 Å². The van der Waals surface area contributed by atoms with E-state index in [9.17, 15) is 0 Å². The van der Waals surface area contributed by atoms with Gasteiger partial charge in [0.05, 0.1) is 0 Å². The van der Waals surface area contributed by atoms with Gasteiger partial charge >= 0.3 is 0 Å².